The van der Waals surface area contributed by atoms with Crippen molar-refractivity contribution >= 4 is 5.78 Å². The van der Waals surface area contributed by atoms with Gasteiger partial charge >= 0.3 is 0 Å². The van der Waals surface area contributed by atoms with Crippen LogP contribution in [0, 0.1) is 5.82 Å². The van der Waals surface area contributed by atoms with Crippen molar-refractivity contribution < 1.29 is 9.18 Å². The average molecular weight is 164 g/mol. The Morgan fingerprint density at radius 2 is 2.08 bits per heavy atom. The van der Waals surface area contributed by atoms with Crippen molar-refractivity contribution in [3.8, 4) is 0 Å². The number of halogens is 1. The SMILES string of the molecule is O=C1CCc2c(F)cccc2C1. The zero-order valence-corrected chi connectivity index (χ0v) is 6.64. The van der Waals surface area contributed by atoms with Gasteiger partial charge in [-0.1, -0.05) is 12.1 Å². The summed E-state index contributed by atoms with van der Waals surface area (Å²) in [6, 6.07) is 4.94. The lowest BCUT2D eigenvalue weighted by atomic mass is 9.91. The summed E-state index contributed by atoms with van der Waals surface area (Å²) < 4.78 is 13.1. The molecule has 0 radical (unpaired) electrons. The molecule has 1 nitrogen and oxygen atoms in total. The smallest absolute Gasteiger partial charge is 0.137 e. The topological polar surface area (TPSA) is 17.1 Å². The van der Waals surface area contributed by atoms with Crippen LogP contribution < -0.4 is 0 Å². The highest BCUT2D eigenvalue weighted by Gasteiger charge is 2.17. The second-order valence-electron chi connectivity index (χ2n) is 3.09. The van der Waals surface area contributed by atoms with E-state index in [4.69, 9.17) is 0 Å². The van der Waals surface area contributed by atoms with Gasteiger partial charge in [-0.15, -0.1) is 0 Å². The standard InChI is InChI=1S/C10H9FO/c11-10-3-1-2-7-6-8(12)4-5-9(7)10/h1-3H,4-6H2. The summed E-state index contributed by atoms with van der Waals surface area (Å²) in [5, 5.41) is 0. The van der Waals surface area contributed by atoms with E-state index in [9.17, 15) is 9.18 Å². The molecule has 1 aromatic carbocycles. The second kappa shape index (κ2) is 2.70. The molecule has 0 heterocycles. The van der Waals surface area contributed by atoms with Gasteiger partial charge in [-0.2, -0.15) is 0 Å². The summed E-state index contributed by atoms with van der Waals surface area (Å²) in [5.41, 5.74) is 1.60. The van der Waals surface area contributed by atoms with Gasteiger partial charge < -0.3 is 0 Å². The molecule has 1 aromatic rings. The fourth-order valence-corrected chi connectivity index (χ4v) is 1.61. The summed E-state index contributed by atoms with van der Waals surface area (Å²) in [6.07, 6.45) is 1.47. The number of carbonyl (C=O) groups excluding carboxylic acids is 1. The summed E-state index contributed by atoms with van der Waals surface area (Å²) >= 11 is 0. The van der Waals surface area contributed by atoms with Gasteiger partial charge in [-0.25, -0.2) is 4.39 Å². The van der Waals surface area contributed by atoms with Gasteiger partial charge in [0.2, 0.25) is 0 Å². The molecule has 0 spiro atoms. The number of hydrogen-bond acceptors (Lipinski definition) is 1. The lowest BCUT2D eigenvalue weighted by Crippen LogP contribution is -2.14. The van der Waals surface area contributed by atoms with Crippen molar-refractivity contribution in [1.82, 2.24) is 0 Å². The Morgan fingerprint density at radius 1 is 1.25 bits per heavy atom. The first-order valence-corrected chi connectivity index (χ1v) is 4.05. The zero-order valence-electron chi connectivity index (χ0n) is 6.64. The predicted molar refractivity (Wildman–Crippen MR) is 43.4 cm³/mol. The molecule has 0 atom stereocenters. The Morgan fingerprint density at radius 3 is 2.92 bits per heavy atom. The van der Waals surface area contributed by atoms with Gasteiger partial charge in [0, 0.05) is 12.8 Å². The molecule has 0 bridgehead atoms. The number of Topliss-reactive ketones (excluding diaryl/α,β-unsaturated/α-hetero) is 1. The highest BCUT2D eigenvalue weighted by Crippen LogP contribution is 2.21. The van der Waals surface area contributed by atoms with E-state index in [1.807, 2.05) is 6.07 Å². The predicted octanol–water partition coefficient (Wildman–Crippen LogP) is 1.88. The number of hydrogen-bond donors (Lipinski definition) is 0. The molecule has 0 saturated heterocycles. The van der Waals surface area contributed by atoms with Crippen molar-refractivity contribution in [2.45, 2.75) is 19.3 Å². The van der Waals surface area contributed by atoms with Gasteiger partial charge in [0.05, 0.1) is 0 Å². The average Bonchev–Trinajstić information content (AvgIpc) is 2.04. The monoisotopic (exact) mass is 164 g/mol. The van der Waals surface area contributed by atoms with Crippen LogP contribution in [0.5, 0.6) is 0 Å². The minimum absolute atomic E-state index is 0.167. The van der Waals surface area contributed by atoms with Gasteiger partial charge in [0.1, 0.15) is 11.6 Å². The maximum Gasteiger partial charge on any atom is 0.137 e. The molecule has 0 amide bonds. The molecular weight excluding hydrogens is 155 g/mol. The van der Waals surface area contributed by atoms with Gasteiger partial charge in [-0.3, -0.25) is 4.79 Å². The van der Waals surface area contributed by atoms with Crippen molar-refractivity contribution in [3.05, 3.63) is 35.1 Å². The zero-order chi connectivity index (χ0) is 8.55. The van der Waals surface area contributed by atoms with Gasteiger partial charge in [-0.05, 0) is 23.6 Å². The molecule has 1 aliphatic rings. The van der Waals surface area contributed by atoms with Crippen LogP contribution >= 0.6 is 0 Å². The number of rotatable bonds is 0. The van der Waals surface area contributed by atoms with Gasteiger partial charge in [0.25, 0.3) is 0 Å². The Bertz CT molecular complexity index is 331. The summed E-state index contributed by atoms with van der Waals surface area (Å²) in [5.74, 6) is 0.0492. The van der Waals surface area contributed by atoms with Crippen LogP contribution in [0.1, 0.15) is 17.5 Å². The van der Waals surface area contributed by atoms with Gasteiger partial charge in [0.15, 0.2) is 0 Å². The molecule has 1 aliphatic carbocycles. The van der Waals surface area contributed by atoms with E-state index >= 15 is 0 Å². The Hall–Kier alpha value is -1.18. The quantitative estimate of drug-likeness (QED) is 0.572. The molecule has 0 aromatic heterocycles. The fraction of sp³-hybridized carbons (Fsp3) is 0.300. The Balaban J connectivity index is 2.48. The summed E-state index contributed by atoms with van der Waals surface area (Å²) in [4.78, 5) is 11.0. The van der Waals surface area contributed by atoms with E-state index in [-0.39, 0.29) is 11.6 Å². The van der Waals surface area contributed by atoms with Crippen LogP contribution in [-0.4, -0.2) is 5.78 Å². The number of fused-ring (bicyclic) bond motifs is 1. The number of carbonyl (C=O) groups is 1. The van der Waals surface area contributed by atoms with E-state index in [0.717, 1.165) is 11.1 Å². The third-order valence-electron chi connectivity index (χ3n) is 2.26. The summed E-state index contributed by atoms with van der Waals surface area (Å²) in [6.45, 7) is 0. The fourth-order valence-electron chi connectivity index (χ4n) is 1.61. The molecular formula is C10H9FO. The van der Waals surface area contributed by atoms with Crippen LogP contribution in [0.4, 0.5) is 4.39 Å². The molecule has 0 N–H and O–H groups in total. The minimum atomic E-state index is -0.167. The van der Waals surface area contributed by atoms with Crippen molar-refractivity contribution in [2.24, 2.45) is 0 Å². The highest BCUT2D eigenvalue weighted by atomic mass is 19.1. The van der Waals surface area contributed by atoms with Crippen LogP contribution in [-0.2, 0) is 17.6 Å². The molecule has 0 saturated carbocycles. The lowest BCUT2D eigenvalue weighted by molar-refractivity contribution is -0.118. The van der Waals surface area contributed by atoms with E-state index in [1.54, 1.807) is 6.07 Å². The number of ketones is 1. The summed E-state index contributed by atoms with van der Waals surface area (Å²) in [7, 11) is 0. The maximum atomic E-state index is 13.1. The number of benzene rings is 1. The van der Waals surface area contributed by atoms with Crippen LogP contribution in [0.25, 0.3) is 0 Å². The second-order valence-corrected chi connectivity index (χ2v) is 3.09. The molecule has 0 aliphatic heterocycles. The van der Waals surface area contributed by atoms with Crippen molar-refractivity contribution in [2.75, 3.05) is 0 Å². The highest BCUT2D eigenvalue weighted by molar-refractivity contribution is 5.83. The van der Waals surface area contributed by atoms with Crippen molar-refractivity contribution in [1.29, 1.82) is 0 Å². The normalized spacial score (nSPS) is 15.9. The minimum Gasteiger partial charge on any atom is -0.299 e. The molecule has 12 heavy (non-hydrogen) atoms. The molecule has 2 heteroatoms. The van der Waals surface area contributed by atoms with E-state index < -0.39 is 0 Å². The Kier molecular flexibility index (Phi) is 1.68. The van der Waals surface area contributed by atoms with Crippen LogP contribution in [0.3, 0.4) is 0 Å². The van der Waals surface area contributed by atoms with Crippen molar-refractivity contribution in [3.63, 3.8) is 0 Å². The lowest BCUT2D eigenvalue weighted by Gasteiger charge is -2.14. The van der Waals surface area contributed by atoms with E-state index in [1.165, 1.54) is 6.07 Å². The maximum absolute atomic E-state index is 13.1. The van der Waals surface area contributed by atoms with E-state index in [2.05, 4.69) is 0 Å². The van der Waals surface area contributed by atoms with Crippen LogP contribution in [0.2, 0.25) is 0 Å². The first kappa shape index (κ1) is 7.47. The molecule has 62 valence electrons. The molecule has 2 rings (SSSR count). The molecule has 0 unspecified atom stereocenters. The third-order valence-corrected chi connectivity index (χ3v) is 2.26. The van der Waals surface area contributed by atoms with Crippen LogP contribution in [0.15, 0.2) is 18.2 Å². The van der Waals surface area contributed by atoms with E-state index in [0.29, 0.717) is 19.3 Å². The molecule has 0 fully saturated rings. The largest absolute Gasteiger partial charge is 0.299 e. The Labute approximate surface area is 70.2 Å². The first-order valence-electron chi connectivity index (χ1n) is 4.05. The first-order chi connectivity index (χ1) is 5.77. The third kappa shape index (κ3) is 1.13.